The molecule has 0 bridgehead atoms. The summed E-state index contributed by atoms with van der Waals surface area (Å²) in [6, 6.07) is 4.28. The highest BCUT2D eigenvalue weighted by atomic mass is 16.7. The lowest BCUT2D eigenvalue weighted by atomic mass is 9.99. The number of benzene rings is 1. The van der Waals surface area contributed by atoms with Crippen LogP contribution in [-0.4, -0.2) is 109 Å². The number of amides is 3. The van der Waals surface area contributed by atoms with Gasteiger partial charge in [0.25, 0.3) is 0 Å². The van der Waals surface area contributed by atoms with Crippen LogP contribution in [0.15, 0.2) is 18.2 Å². The minimum atomic E-state index is -1.70. The van der Waals surface area contributed by atoms with Crippen molar-refractivity contribution in [2.45, 2.75) is 57.6 Å². The first-order chi connectivity index (χ1) is 18.9. The molecule has 1 heterocycles. The number of aliphatic hydroxyl groups is 4. The molecule has 1 aromatic carbocycles. The molecule has 15 nitrogen and oxygen atoms in total. The van der Waals surface area contributed by atoms with E-state index in [0.717, 1.165) is 0 Å². The molecule has 40 heavy (non-hydrogen) atoms. The van der Waals surface area contributed by atoms with Crippen LogP contribution in [0.5, 0.6) is 5.75 Å². The van der Waals surface area contributed by atoms with Gasteiger partial charge < -0.3 is 54.8 Å². The molecular weight excluding hydrogens is 533 g/mol. The molecule has 1 aliphatic heterocycles. The van der Waals surface area contributed by atoms with Crippen molar-refractivity contribution in [1.82, 2.24) is 10.6 Å². The van der Waals surface area contributed by atoms with Gasteiger partial charge in [-0.15, -0.1) is 0 Å². The third-order valence-electron chi connectivity index (χ3n) is 5.52. The molecule has 220 valence electrons. The summed E-state index contributed by atoms with van der Waals surface area (Å²) in [5.41, 5.74) is -0.237. The number of nitrogens with one attached hydrogen (secondary N) is 3. The summed E-state index contributed by atoms with van der Waals surface area (Å²) in [5.74, 6) is -1.01. The second-order valence-electron chi connectivity index (χ2n) is 9.10. The van der Waals surface area contributed by atoms with Crippen molar-refractivity contribution in [3.8, 4) is 5.75 Å². The highest BCUT2D eigenvalue weighted by molar-refractivity contribution is 6.58. The summed E-state index contributed by atoms with van der Waals surface area (Å²) < 4.78 is 20.9. The topological polar surface area (TPSA) is 222 Å². The van der Waals surface area contributed by atoms with Crippen LogP contribution >= 0.6 is 0 Å². The molecule has 3 amide bonds. The zero-order chi connectivity index (χ0) is 29.8. The van der Waals surface area contributed by atoms with E-state index in [4.69, 9.17) is 26.8 Å². The smallest absolute Gasteiger partial charge is 0.409 e. The minimum absolute atomic E-state index is 0.0167. The standard InChI is InChI=1S/C24H34BN3O12/c1-12(2)22(35)26-6-5-18(31)28-14-7-13(9-38-24(36)27-11-37-10-17(25)30)3-4-15(14)39-23-21(34)20(33)19(32)16(8-29)40-23/h3-4,7,12,16,19-21,23,29,32-34H,5-6,8-11H2,1-2H3,(H,26,35)(H,27,36)(H,28,31)/t16-,19+,20+,21-,23-/m1/s1. The predicted octanol–water partition coefficient (Wildman–Crippen LogP) is -2.14. The molecule has 0 unspecified atom stereocenters. The van der Waals surface area contributed by atoms with E-state index in [1.54, 1.807) is 13.8 Å². The van der Waals surface area contributed by atoms with Crippen molar-refractivity contribution in [1.29, 1.82) is 0 Å². The maximum absolute atomic E-state index is 12.6. The Balaban J connectivity index is 2.12. The van der Waals surface area contributed by atoms with Gasteiger partial charge in [-0.05, 0) is 17.7 Å². The van der Waals surface area contributed by atoms with Crippen LogP contribution < -0.4 is 20.7 Å². The maximum Gasteiger partial charge on any atom is 0.409 e. The van der Waals surface area contributed by atoms with Gasteiger partial charge in [0.2, 0.25) is 18.1 Å². The third-order valence-corrected chi connectivity index (χ3v) is 5.52. The Morgan fingerprint density at radius 2 is 1.80 bits per heavy atom. The highest BCUT2D eigenvalue weighted by Gasteiger charge is 2.45. The summed E-state index contributed by atoms with van der Waals surface area (Å²) in [4.78, 5) is 46.8. The largest absolute Gasteiger partial charge is 0.460 e. The molecule has 1 saturated heterocycles. The molecule has 0 aliphatic carbocycles. The Bertz CT molecular complexity index is 1020. The lowest BCUT2D eigenvalue weighted by Gasteiger charge is -2.39. The van der Waals surface area contributed by atoms with E-state index in [2.05, 4.69) is 16.0 Å². The molecule has 0 aromatic heterocycles. The second-order valence-corrected chi connectivity index (χ2v) is 9.10. The van der Waals surface area contributed by atoms with Crippen molar-refractivity contribution in [2.75, 3.05) is 31.8 Å². The van der Waals surface area contributed by atoms with Crippen molar-refractivity contribution in [2.24, 2.45) is 5.92 Å². The van der Waals surface area contributed by atoms with E-state index < -0.39 is 55.0 Å². The van der Waals surface area contributed by atoms with Crippen LogP contribution in [0.25, 0.3) is 0 Å². The Kier molecular flexibility index (Phi) is 13.3. The quantitative estimate of drug-likeness (QED) is 0.0727. The first-order valence-electron chi connectivity index (χ1n) is 12.4. The number of alkyl carbamates (subject to hydrolysis) is 1. The van der Waals surface area contributed by atoms with E-state index in [-0.39, 0.29) is 56.2 Å². The number of anilines is 1. The molecule has 0 spiro atoms. The Morgan fingerprint density at radius 1 is 1.07 bits per heavy atom. The average Bonchev–Trinajstić information content (AvgIpc) is 2.91. The van der Waals surface area contributed by atoms with E-state index in [9.17, 15) is 39.6 Å². The van der Waals surface area contributed by atoms with Crippen molar-refractivity contribution < 1.29 is 58.6 Å². The van der Waals surface area contributed by atoms with Gasteiger partial charge in [0.1, 0.15) is 49.2 Å². The number of hydrogen-bond donors (Lipinski definition) is 7. The molecule has 1 fully saturated rings. The number of ether oxygens (including phenoxy) is 4. The summed E-state index contributed by atoms with van der Waals surface area (Å²) in [7, 11) is 4.93. The molecule has 0 saturated carbocycles. The minimum Gasteiger partial charge on any atom is -0.460 e. The fraction of sp³-hybridized carbons (Fsp3) is 0.583. The van der Waals surface area contributed by atoms with Gasteiger partial charge in [0.15, 0.2) is 7.85 Å². The molecule has 1 aliphatic rings. The molecule has 2 rings (SSSR count). The molecule has 5 atom stereocenters. The first kappa shape index (κ1) is 32.9. The van der Waals surface area contributed by atoms with Crippen molar-refractivity contribution >= 4 is 37.1 Å². The normalized spacial score (nSPS) is 22.3. The monoisotopic (exact) mass is 567 g/mol. The molecule has 16 heteroatoms. The van der Waals surface area contributed by atoms with E-state index >= 15 is 0 Å². The van der Waals surface area contributed by atoms with E-state index in [1.165, 1.54) is 18.2 Å². The van der Waals surface area contributed by atoms with Gasteiger partial charge in [-0.3, -0.25) is 14.9 Å². The Hall–Kier alpha value is -3.28. The summed E-state index contributed by atoms with van der Waals surface area (Å²) in [6.45, 7) is 1.85. The van der Waals surface area contributed by atoms with Crippen LogP contribution in [-0.2, 0) is 35.2 Å². The van der Waals surface area contributed by atoms with Gasteiger partial charge in [-0.2, -0.15) is 0 Å². The van der Waals surface area contributed by atoms with Crippen LogP contribution in [0.4, 0.5) is 10.5 Å². The number of hydrogen-bond acceptors (Lipinski definition) is 12. The third kappa shape index (κ3) is 10.4. The Morgan fingerprint density at radius 3 is 2.45 bits per heavy atom. The zero-order valence-electron chi connectivity index (χ0n) is 22.1. The maximum atomic E-state index is 12.6. The summed E-state index contributed by atoms with van der Waals surface area (Å²) in [5, 5.41) is 47.3. The summed E-state index contributed by atoms with van der Waals surface area (Å²) >= 11 is 0. The lowest BCUT2D eigenvalue weighted by Crippen LogP contribution is -2.60. The van der Waals surface area contributed by atoms with Gasteiger partial charge in [0, 0.05) is 18.9 Å². The fourth-order valence-corrected chi connectivity index (χ4v) is 3.33. The molecule has 1 aromatic rings. The van der Waals surface area contributed by atoms with Crippen molar-refractivity contribution in [3.05, 3.63) is 23.8 Å². The van der Waals surface area contributed by atoms with Crippen LogP contribution in [0.1, 0.15) is 25.8 Å². The number of rotatable bonds is 14. The van der Waals surface area contributed by atoms with Gasteiger partial charge in [-0.25, -0.2) is 4.79 Å². The SMILES string of the molecule is [B]C(=O)COCNC(=O)OCc1ccc(O[C@@H]2O[C@H](CO)[C@H](O)[C@H](O)[C@H]2O)c(NC(=O)CCNC(=O)C(C)C)c1. The lowest BCUT2D eigenvalue weighted by molar-refractivity contribution is -0.277. The summed E-state index contributed by atoms with van der Waals surface area (Å²) in [6.07, 6.45) is -8.67. The molecular formula is C24H34BN3O12. The number of carbonyl (C=O) groups excluding carboxylic acids is 4. The highest BCUT2D eigenvalue weighted by Crippen LogP contribution is 2.31. The number of carbonyl (C=O) groups is 4. The Labute approximate surface area is 231 Å². The molecule has 2 radical (unpaired) electrons. The number of aliphatic hydroxyl groups excluding tert-OH is 4. The molecule has 7 N–H and O–H groups in total. The van der Waals surface area contributed by atoms with E-state index in [0.29, 0.717) is 5.56 Å². The second kappa shape index (κ2) is 16.1. The van der Waals surface area contributed by atoms with Crippen LogP contribution in [0.2, 0.25) is 0 Å². The predicted molar refractivity (Wildman–Crippen MR) is 137 cm³/mol. The average molecular weight is 567 g/mol. The van der Waals surface area contributed by atoms with Gasteiger partial charge in [0.05, 0.1) is 18.9 Å². The van der Waals surface area contributed by atoms with E-state index in [1.807, 2.05) is 0 Å². The van der Waals surface area contributed by atoms with Crippen LogP contribution in [0, 0.1) is 5.92 Å². The van der Waals surface area contributed by atoms with Gasteiger partial charge >= 0.3 is 6.09 Å². The van der Waals surface area contributed by atoms with Gasteiger partial charge in [-0.1, -0.05) is 19.9 Å². The zero-order valence-corrected chi connectivity index (χ0v) is 22.1. The first-order valence-corrected chi connectivity index (χ1v) is 12.4. The fourth-order valence-electron chi connectivity index (χ4n) is 3.33. The van der Waals surface area contributed by atoms with Crippen LogP contribution in [0.3, 0.4) is 0 Å². The van der Waals surface area contributed by atoms with Crippen molar-refractivity contribution in [3.63, 3.8) is 0 Å².